The molecule has 1 heteroatoms. The highest BCUT2D eigenvalue weighted by molar-refractivity contribution is 5.22. The standard InChI is InChI=1S/C11H14O/c1-8(2)10-11(12-10)9-6-4-3-5-7-9/h3-8,10-11H,1-2H3/t10-,11+/m0/s1. The molecule has 2 rings (SSSR count). The summed E-state index contributed by atoms with van der Waals surface area (Å²) in [6, 6.07) is 10.4. The van der Waals surface area contributed by atoms with Gasteiger partial charge < -0.3 is 4.74 Å². The number of rotatable bonds is 2. The van der Waals surface area contributed by atoms with Crippen molar-refractivity contribution in [2.24, 2.45) is 5.92 Å². The first-order valence-corrected chi connectivity index (χ1v) is 4.49. The molecule has 0 unspecified atom stereocenters. The van der Waals surface area contributed by atoms with Gasteiger partial charge in [-0.2, -0.15) is 0 Å². The smallest absolute Gasteiger partial charge is 0.109 e. The zero-order chi connectivity index (χ0) is 8.55. The number of benzene rings is 1. The third-order valence-electron chi connectivity index (χ3n) is 2.31. The summed E-state index contributed by atoms with van der Waals surface area (Å²) in [6.45, 7) is 4.40. The van der Waals surface area contributed by atoms with E-state index < -0.39 is 0 Å². The van der Waals surface area contributed by atoms with Crippen molar-refractivity contribution in [3.63, 3.8) is 0 Å². The van der Waals surface area contributed by atoms with Gasteiger partial charge in [0.2, 0.25) is 0 Å². The zero-order valence-electron chi connectivity index (χ0n) is 7.53. The summed E-state index contributed by atoms with van der Waals surface area (Å²) in [5.41, 5.74) is 1.32. The van der Waals surface area contributed by atoms with Crippen molar-refractivity contribution >= 4 is 0 Å². The van der Waals surface area contributed by atoms with Crippen LogP contribution in [0.3, 0.4) is 0 Å². The lowest BCUT2D eigenvalue weighted by atomic mass is 10.0. The van der Waals surface area contributed by atoms with E-state index in [1.165, 1.54) is 5.56 Å². The molecule has 0 aliphatic carbocycles. The fourth-order valence-corrected chi connectivity index (χ4v) is 1.54. The van der Waals surface area contributed by atoms with Crippen molar-refractivity contribution in [1.82, 2.24) is 0 Å². The van der Waals surface area contributed by atoms with Crippen molar-refractivity contribution in [2.75, 3.05) is 0 Å². The van der Waals surface area contributed by atoms with Gasteiger partial charge in [-0.25, -0.2) is 0 Å². The first-order chi connectivity index (χ1) is 5.79. The molecule has 1 aromatic rings. The first kappa shape index (κ1) is 7.81. The molecule has 0 saturated carbocycles. The average molecular weight is 162 g/mol. The van der Waals surface area contributed by atoms with Crippen LogP contribution in [0.5, 0.6) is 0 Å². The van der Waals surface area contributed by atoms with Gasteiger partial charge in [-0.3, -0.25) is 0 Å². The van der Waals surface area contributed by atoms with Crippen LogP contribution in [0.4, 0.5) is 0 Å². The van der Waals surface area contributed by atoms with Crippen LogP contribution < -0.4 is 0 Å². The molecular formula is C11H14O. The van der Waals surface area contributed by atoms with Gasteiger partial charge in [-0.15, -0.1) is 0 Å². The van der Waals surface area contributed by atoms with Gasteiger partial charge in [-0.1, -0.05) is 44.2 Å². The van der Waals surface area contributed by atoms with Crippen LogP contribution in [0.2, 0.25) is 0 Å². The van der Waals surface area contributed by atoms with Gasteiger partial charge in [0.15, 0.2) is 0 Å². The Kier molecular flexibility index (Phi) is 1.89. The van der Waals surface area contributed by atoms with Crippen LogP contribution in [0.1, 0.15) is 25.5 Å². The topological polar surface area (TPSA) is 12.5 Å². The van der Waals surface area contributed by atoms with Gasteiger partial charge >= 0.3 is 0 Å². The predicted molar refractivity (Wildman–Crippen MR) is 48.9 cm³/mol. The quantitative estimate of drug-likeness (QED) is 0.609. The Morgan fingerprint density at radius 1 is 1.17 bits per heavy atom. The van der Waals surface area contributed by atoms with Crippen LogP contribution in [-0.2, 0) is 4.74 Å². The third-order valence-corrected chi connectivity index (χ3v) is 2.31. The lowest BCUT2D eigenvalue weighted by Gasteiger charge is -1.97. The minimum Gasteiger partial charge on any atom is -0.364 e. The Morgan fingerprint density at radius 2 is 1.83 bits per heavy atom. The second kappa shape index (κ2) is 2.91. The molecular weight excluding hydrogens is 148 g/mol. The van der Waals surface area contributed by atoms with Crippen molar-refractivity contribution < 1.29 is 4.74 Å². The largest absolute Gasteiger partial charge is 0.364 e. The molecule has 1 nitrogen and oxygen atoms in total. The normalized spacial score (nSPS) is 27.6. The molecule has 1 fully saturated rings. The zero-order valence-corrected chi connectivity index (χ0v) is 7.53. The summed E-state index contributed by atoms with van der Waals surface area (Å²) in [5.74, 6) is 0.634. The van der Waals surface area contributed by atoms with Crippen molar-refractivity contribution in [1.29, 1.82) is 0 Å². The van der Waals surface area contributed by atoms with E-state index in [1.807, 2.05) is 6.07 Å². The SMILES string of the molecule is CC(C)[C@@H]1O[C@@H]1c1ccccc1. The first-order valence-electron chi connectivity index (χ1n) is 4.49. The van der Waals surface area contributed by atoms with Crippen LogP contribution in [0, 0.1) is 5.92 Å². The maximum Gasteiger partial charge on any atom is 0.109 e. The monoisotopic (exact) mass is 162 g/mol. The molecule has 1 heterocycles. The van der Waals surface area contributed by atoms with Crippen molar-refractivity contribution in [3.05, 3.63) is 35.9 Å². The summed E-state index contributed by atoms with van der Waals surface area (Å²) in [6.07, 6.45) is 0.818. The van der Waals surface area contributed by atoms with Crippen LogP contribution in [0.25, 0.3) is 0 Å². The van der Waals surface area contributed by atoms with Crippen LogP contribution >= 0.6 is 0 Å². The summed E-state index contributed by atoms with van der Waals surface area (Å²) in [7, 11) is 0. The second-order valence-corrected chi connectivity index (χ2v) is 3.68. The molecule has 0 N–H and O–H groups in total. The van der Waals surface area contributed by atoms with Gasteiger partial charge in [0, 0.05) is 0 Å². The molecule has 2 atom stereocenters. The highest BCUT2D eigenvalue weighted by Crippen LogP contribution is 2.42. The molecule has 0 spiro atoms. The summed E-state index contributed by atoms with van der Waals surface area (Å²) < 4.78 is 5.56. The lowest BCUT2D eigenvalue weighted by Crippen LogP contribution is -1.97. The molecule has 12 heavy (non-hydrogen) atoms. The molecule has 0 amide bonds. The maximum absolute atomic E-state index is 5.56. The molecule has 0 bridgehead atoms. The van der Waals surface area contributed by atoms with Crippen molar-refractivity contribution in [2.45, 2.75) is 26.1 Å². The highest BCUT2D eigenvalue weighted by Gasteiger charge is 2.41. The van der Waals surface area contributed by atoms with Gasteiger partial charge in [0.1, 0.15) is 6.10 Å². The Balaban J connectivity index is 2.06. The molecule has 1 saturated heterocycles. The van der Waals surface area contributed by atoms with Crippen LogP contribution in [-0.4, -0.2) is 6.10 Å². The number of ether oxygens (including phenoxy) is 1. The van der Waals surface area contributed by atoms with Gasteiger partial charge in [0.05, 0.1) is 6.10 Å². The van der Waals surface area contributed by atoms with E-state index in [2.05, 4.69) is 38.1 Å². The minimum atomic E-state index is 0.367. The van der Waals surface area contributed by atoms with E-state index in [-0.39, 0.29) is 0 Å². The lowest BCUT2D eigenvalue weighted by molar-refractivity contribution is 0.336. The summed E-state index contributed by atoms with van der Waals surface area (Å²) in [5, 5.41) is 0. The van der Waals surface area contributed by atoms with Gasteiger partial charge in [0.25, 0.3) is 0 Å². The van der Waals surface area contributed by atoms with E-state index in [0.717, 1.165) is 0 Å². The highest BCUT2D eigenvalue weighted by atomic mass is 16.6. The minimum absolute atomic E-state index is 0.367. The number of hydrogen-bond acceptors (Lipinski definition) is 1. The van der Waals surface area contributed by atoms with E-state index in [0.29, 0.717) is 18.1 Å². The Labute approximate surface area is 73.4 Å². The predicted octanol–water partition coefficient (Wildman–Crippen LogP) is 2.78. The van der Waals surface area contributed by atoms with E-state index in [1.54, 1.807) is 0 Å². The van der Waals surface area contributed by atoms with Crippen molar-refractivity contribution in [3.8, 4) is 0 Å². The van der Waals surface area contributed by atoms with Gasteiger partial charge in [-0.05, 0) is 11.5 Å². The fourth-order valence-electron chi connectivity index (χ4n) is 1.54. The Morgan fingerprint density at radius 3 is 2.33 bits per heavy atom. The molecule has 0 radical (unpaired) electrons. The molecule has 64 valence electrons. The van der Waals surface area contributed by atoms with E-state index in [9.17, 15) is 0 Å². The summed E-state index contributed by atoms with van der Waals surface area (Å²) in [4.78, 5) is 0. The number of epoxide rings is 1. The van der Waals surface area contributed by atoms with E-state index >= 15 is 0 Å². The Bertz CT molecular complexity index is 253. The molecule has 1 aromatic carbocycles. The van der Waals surface area contributed by atoms with Crippen LogP contribution in [0.15, 0.2) is 30.3 Å². The maximum atomic E-state index is 5.56. The third kappa shape index (κ3) is 1.37. The molecule has 0 aromatic heterocycles. The number of hydrogen-bond donors (Lipinski definition) is 0. The summed E-state index contributed by atoms with van der Waals surface area (Å²) >= 11 is 0. The second-order valence-electron chi connectivity index (χ2n) is 3.68. The van der Waals surface area contributed by atoms with E-state index in [4.69, 9.17) is 4.74 Å². The molecule has 1 aliphatic heterocycles. The molecule has 1 aliphatic rings. The average Bonchev–Trinajstić information content (AvgIpc) is 2.84. The fraction of sp³-hybridized carbons (Fsp3) is 0.455. The Hall–Kier alpha value is -0.820.